The van der Waals surface area contributed by atoms with Crippen LogP contribution in [0.5, 0.6) is 5.75 Å². The first-order chi connectivity index (χ1) is 9.15. The van der Waals surface area contributed by atoms with Crippen LogP contribution in [0.3, 0.4) is 0 Å². The minimum Gasteiger partial charge on any atom is -0.508 e. The molecule has 1 amide bonds. The smallest absolute Gasteiger partial charge is 0.225 e. The number of nitrogens with zero attached hydrogens (tertiary/aromatic N) is 1. The molecule has 2 rings (SSSR count). The monoisotopic (exact) mass is 274 g/mol. The molecule has 1 aliphatic heterocycles. The molecule has 0 aromatic heterocycles. The molecule has 0 fully saturated rings. The number of allylic oxidation sites excluding steroid dienone is 1. The third-order valence-electron chi connectivity index (χ3n) is 2.92. The van der Waals surface area contributed by atoms with Crippen LogP contribution in [0.2, 0.25) is 0 Å². The fourth-order valence-corrected chi connectivity index (χ4v) is 2.92. The second-order valence-electron chi connectivity index (χ2n) is 4.19. The van der Waals surface area contributed by atoms with Crippen LogP contribution in [0.25, 0.3) is 0 Å². The maximum absolute atomic E-state index is 11.7. The molecule has 0 spiro atoms. The molecule has 1 heterocycles. The number of phenols is 1. The predicted octanol–water partition coefficient (Wildman–Crippen LogP) is 2.48. The first kappa shape index (κ1) is 13.5. The Morgan fingerprint density at radius 3 is 3.00 bits per heavy atom. The highest BCUT2D eigenvalue weighted by atomic mass is 32.2. The van der Waals surface area contributed by atoms with Crippen molar-refractivity contribution in [2.24, 2.45) is 0 Å². The van der Waals surface area contributed by atoms with Gasteiger partial charge in [-0.2, -0.15) is 5.26 Å². The second-order valence-corrected chi connectivity index (χ2v) is 5.46. The van der Waals surface area contributed by atoms with Crippen LogP contribution < -0.4 is 5.32 Å². The van der Waals surface area contributed by atoms with E-state index in [-0.39, 0.29) is 24.0 Å². The fourth-order valence-electron chi connectivity index (χ4n) is 2.10. The van der Waals surface area contributed by atoms with Gasteiger partial charge in [0.25, 0.3) is 0 Å². The molecule has 1 aliphatic rings. The summed E-state index contributed by atoms with van der Waals surface area (Å²) in [7, 11) is 0. The number of hydrogen-bond donors (Lipinski definition) is 2. The van der Waals surface area contributed by atoms with Gasteiger partial charge in [0, 0.05) is 12.3 Å². The zero-order valence-corrected chi connectivity index (χ0v) is 11.3. The average Bonchev–Trinajstić information content (AvgIpc) is 2.38. The van der Waals surface area contributed by atoms with Crippen molar-refractivity contribution < 1.29 is 9.90 Å². The maximum Gasteiger partial charge on any atom is 0.225 e. The summed E-state index contributed by atoms with van der Waals surface area (Å²) in [6.45, 7) is 1.97. The van der Waals surface area contributed by atoms with Gasteiger partial charge in [0.2, 0.25) is 5.91 Å². The first-order valence-corrected chi connectivity index (χ1v) is 7.00. The highest BCUT2D eigenvalue weighted by Crippen LogP contribution is 2.36. The van der Waals surface area contributed by atoms with Crippen LogP contribution in [0.4, 0.5) is 0 Å². The summed E-state index contributed by atoms with van der Waals surface area (Å²) in [6, 6.07) is 8.92. The Balaban J connectivity index is 2.45. The van der Waals surface area contributed by atoms with E-state index in [0.717, 1.165) is 11.3 Å². The molecule has 0 aliphatic carbocycles. The minimum atomic E-state index is -0.278. The van der Waals surface area contributed by atoms with E-state index in [4.69, 9.17) is 0 Å². The average molecular weight is 274 g/mol. The van der Waals surface area contributed by atoms with Gasteiger partial charge in [0.05, 0.1) is 16.7 Å². The van der Waals surface area contributed by atoms with Gasteiger partial charge in [-0.1, -0.05) is 19.1 Å². The number of benzene rings is 1. The largest absolute Gasteiger partial charge is 0.508 e. The molecule has 0 saturated carbocycles. The van der Waals surface area contributed by atoms with Crippen molar-refractivity contribution >= 4 is 17.7 Å². The van der Waals surface area contributed by atoms with Crippen molar-refractivity contribution in [1.82, 2.24) is 5.32 Å². The van der Waals surface area contributed by atoms with Crippen LogP contribution in [-0.2, 0) is 4.79 Å². The number of carbonyl (C=O) groups is 1. The second kappa shape index (κ2) is 5.81. The Morgan fingerprint density at radius 1 is 1.58 bits per heavy atom. The van der Waals surface area contributed by atoms with Crippen LogP contribution in [0.1, 0.15) is 24.8 Å². The number of aromatic hydroxyl groups is 1. The summed E-state index contributed by atoms with van der Waals surface area (Å²) >= 11 is 1.45. The molecule has 4 nitrogen and oxygen atoms in total. The third-order valence-corrected chi connectivity index (χ3v) is 3.82. The molecule has 0 unspecified atom stereocenters. The number of amides is 1. The lowest BCUT2D eigenvalue weighted by Gasteiger charge is -2.24. The third kappa shape index (κ3) is 2.91. The molecular formula is C14H14N2O2S. The van der Waals surface area contributed by atoms with Crippen LogP contribution in [-0.4, -0.2) is 16.8 Å². The topological polar surface area (TPSA) is 73.1 Å². The lowest BCUT2D eigenvalue weighted by molar-refractivity contribution is -0.120. The summed E-state index contributed by atoms with van der Waals surface area (Å²) < 4.78 is 0. The summed E-state index contributed by atoms with van der Waals surface area (Å²) in [5.41, 5.74) is 1.36. The molecule has 19 heavy (non-hydrogen) atoms. The lowest BCUT2D eigenvalue weighted by atomic mass is 9.87. The normalized spacial score (nSPS) is 18.9. The zero-order chi connectivity index (χ0) is 13.8. The van der Waals surface area contributed by atoms with E-state index in [2.05, 4.69) is 11.4 Å². The Bertz CT molecular complexity index is 575. The first-order valence-electron chi connectivity index (χ1n) is 6.01. The molecule has 98 valence electrons. The van der Waals surface area contributed by atoms with Gasteiger partial charge in [-0.25, -0.2) is 0 Å². The highest BCUT2D eigenvalue weighted by molar-refractivity contribution is 8.03. The fraction of sp³-hybridized carbons (Fsp3) is 0.286. The molecule has 0 radical (unpaired) electrons. The Hall–Kier alpha value is -1.93. The maximum atomic E-state index is 11.7. The Morgan fingerprint density at radius 2 is 2.37 bits per heavy atom. The van der Waals surface area contributed by atoms with Crippen molar-refractivity contribution in [3.63, 3.8) is 0 Å². The minimum absolute atomic E-state index is 0.0942. The number of nitrogens with one attached hydrogen (secondary N) is 1. The summed E-state index contributed by atoms with van der Waals surface area (Å²) in [5.74, 6) is 0.557. The standard InChI is InChI=1S/C14H14N2O2S/c1-2-19-14-12(8-15)11(7-13(18)16-14)9-4-3-5-10(17)6-9/h3-6,11,17H,2,7H2,1H3,(H,16,18)/t11-/m1/s1. The van der Waals surface area contributed by atoms with Crippen molar-refractivity contribution in [2.75, 3.05) is 5.75 Å². The van der Waals surface area contributed by atoms with E-state index in [1.54, 1.807) is 18.2 Å². The van der Waals surface area contributed by atoms with Crippen LogP contribution in [0, 0.1) is 11.3 Å². The van der Waals surface area contributed by atoms with E-state index in [1.807, 2.05) is 13.0 Å². The number of rotatable bonds is 3. The van der Waals surface area contributed by atoms with E-state index in [1.165, 1.54) is 11.8 Å². The van der Waals surface area contributed by atoms with E-state index < -0.39 is 0 Å². The van der Waals surface area contributed by atoms with Gasteiger partial charge in [0.15, 0.2) is 0 Å². The molecule has 2 N–H and O–H groups in total. The highest BCUT2D eigenvalue weighted by Gasteiger charge is 2.29. The molecule has 1 aromatic rings. The van der Waals surface area contributed by atoms with Gasteiger partial charge in [-0.3, -0.25) is 4.79 Å². The molecular weight excluding hydrogens is 260 g/mol. The molecule has 1 aromatic carbocycles. The lowest BCUT2D eigenvalue weighted by Crippen LogP contribution is -2.30. The van der Waals surface area contributed by atoms with Crippen molar-refractivity contribution in [3.8, 4) is 11.8 Å². The Labute approximate surface area is 116 Å². The number of thioether (sulfide) groups is 1. The van der Waals surface area contributed by atoms with Gasteiger partial charge in [-0.05, 0) is 23.4 Å². The molecule has 0 saturated heterocycles. The Kier molecular flexibility index (Phi) is 4.13. The summed E-state index contributed by atoms with van der Waals surface area (Å²) in [4.78, 5) is 11.7. The van der Waals surface area contributed by atoms with Crippen LogP contribution in [0.15, 0.2) is 34.9 Å². The van der Waals surface area contributed by atoms with Gasteiger partial charge < -0.3 is 10.4 Å². The number of nitriles is 1. The molecule has 1 atom stereocenters. The van der Waals surface area contributed by atoms with E-state index >= 15 is 0 Å². The quantitative estimate of drug-likeness (QED) is 0.888. The van der Waals surface area contributed by atoms with E-state index in [0.29, 0.717) is 10.6 Å². The van der Waals surface area contributed by atoms with Crippen molar-refractivity contribution in [2.45, 2.75) is 19.3 Å². The van der Waals surface area contributed by atoms with E-state index in [9.17, 15) is 15.2 Å². The van der Waals surface area contributed by atoms with Gasteiger partial charge in [-0.15, -0.1) is 11.8 Å². The zero-order valence-electron chi connectivity index (χ0n) is 10.5. The van der Waals surface area contributed by atoms with Gasteiger partial charge in [0.1, 0.15) is 5.75 Å². The van der Waals surface area contributed by atoms with Gasteiger partial charge >= 0.3 is 0 Å². The number of phenolic OH excluding ortho intramolecular Hbond substituents is 1. The van der Waals surface area contributed by atoms with Crippen LogP contribution >= 0.6 is 11.8 Å². The summed E-state index contributed by atoms with van der Waals surface area (Å²) in [5, 5.41) is 22.3. The predicted molar refractivity (Wildman–Crippen MR) is 74.4 cm³/mol. The SMILES string of the molecule is CCSC1=C(C#N)[C@@H](c2cccc(O)c2)CC(=O)N1. The number of carbonyl (C=O) groups excluding carboxylic acids is 1. The van der Waals surface area contributed by atoms with Crippen molar-refractivity contribution in [1.29, 1.82) is 5.26 Å². The number of hydrogen-bond acceptors (Lipinski definition) is 4. The van der Waals surface area contributed by atoms with Crippen molar-refractivity contribution in [3.05, 3.63) is 40.4 Å². The summed E-state index contributed by atoms with van der Waals surface area (Å²) in [6.07, 6.45) is 0.236. The molecule has 0 bridgehead atoms. The molecule has 5 heteroatoms.